The molecule has 1 aliphatic rings. The predicted octanol–water partition coefficient (Wildman–Crippen LogP) is 3.77. The van der Waals surface area contributed by atoms with Gasteiger partial charge in [0, 0.05) is 0 Å². The summed E-state index contributed by atoms with van der Waals surface area (Å²) in [4.78, 5) is 12.8. The van der Waals surface area contributed by atoms with Gasteiger partial charge >= 0.3 is 0 Å². The van der Waals surface area contributed by atoms with Crippen LogP contribution in [0.5, 0.6) is 0 Å². The lowest BCUT2D eigenvalue weighted by molar-refractivity contribution is -0.120. The summed E-state index contributed by atoms with van der Waals surface area (Å²) in [5, 5.41) is 3.05. The minimum atomic E-state index is -3.60. The van der Waals surface area contributed by atoms with E-state index in [9.17, 15) is 13.2 Å². The topological polar surface area (TPSA) is 66.5 Å². The van der Waals surface area contributed by atoms with Crippen LogP contribution in [-0.2, 0) is 21.2 Å². The number of sulfonamides is 1. The van der Waals surface area contributed by atoms with Gasteiger partial charge in [0.1, 0.15) is 6.54 Å². The highest BCUT2D eigenvalue weighted by atomic mass is 32.2. The van der Waals surface area contributed by atoms with Gasteiger partial charge < -0.3 is 5.32 Å². The normalized spacial score (nSPS) is 16.5. The lowest BCUT2D eigenvalue weighted by Crippen LogP contribution is -2.42. The summed E-state index contributed by atoms with van der Waals surface area (Å²) in [6, 6.07) is 15.4. The van der Waals surface area contributed by atoms with Crippen molar-refractivity contribution in [1.82, 2.24) is 5.32 Å². The molecule has 1 atom stereocenters. The lowest BCUT2D eigenvalue weighted by Gasteiger charge is -2.29. The molecular weight excluding hydrogens is 372 g/mol. The lowest BCUT2D eigenvalue weighted by atomic mass is 9.88. The molecule has 28 heavy (non-hydrogen) atoms. The third-order valence-corrected chi connectivity index (χ3v) is 6.35. The van der Waals surface area contributed by atoms with Crippen molar-refractivity contribution in [3.8, 4) is 0 Å². The van der Waals surface area contributed by atoms with Gasteiger partial charge in [-0.05, 0) is 47.9 Å². The molecule has 2 aromatic rings. The molecular formula is C22H28N2O3S. The van der Waals surface area contributed by atoms with Gasteiger partial charge in [0.05, 0.1) is 18.0 Å². The second kappa shape index (κ2) is 8.35. The van der Waals surface area contributed by atoms with E-state index in [2.05, 4.69) is 11.4 Å². The Kier molecular flexibility index (Phi) is 6.08. The quantitative estimate of drug-likeness (QED) is 0.803. The number of hydrogen-bond acceptors (Lipinski definition) is 3. The third-order valence-electron chi connectivity index (χ3n) is 5.22. The molecule has 1 N–H and O–H groups in total. The zero-order chi connectivity index (χ0) is 20.3. The number of amides is 1. The molecule has 0 aromatic heterocycles. The van der Waals surface area contributed by atoms with Crippen molar-refractivity contribution in [2.24, 2.45) is 0 Å². The van der Waals surface area contributed by atoms with E-state index in [1.165, 1.54) is 9.87 Å². The summed E-state index contributed by atoms with van der Waals surface area (Å²) in [7, 11) is -3.60. The minimum absolute atomic E-state index is 0.0702. The third kappa shape index (κ3) is 4.55. The summed E-state index contributed by atoms with van der Waals surface area (Å²) in [6.45, 7) is 3.80. The van der Waals surface area contributed by atoms with E-state index in [4.69, 9.17) is 0 Å². The highest BCUT2D eigenvalue weighted by Gasteiger charge is 2.26. The van der Waals surface area contributed by atoms with Crippen LogP contribution in [0.25, 0.3) is 0 Å². The number of benzene rings is 2. The van der Waals surface area contributed by atoms with Gasteiger partial charge in [-0.1, -0.05) is 56.3 Å². The number of nitrogens with one attached hydrogen (secondary N) is 1. The fraction of sp³-hybridized carbons (Fsp3) is 0.409. The maximum atomic E-state index is 12.8. The van der Waals surface area contributed by atoms with Crippen LogP contribution in [0.4, 0.5) is 5.69 Å². The van der Waals surface area contributed by atoms with Gasteiger partial charge in [0.2, 0.25) is 15.9 Å². The molecule has 1 aliphatic carbocycles. The van der Waals surface area contributed by atoms with Crippen molar-refractivity contribution < 1.29 is 13.2 Å². The number of carbonyl (C=O) groups is 1. The zero-order valence-corrected chi connectivity index (χ0v) is 17.5. The summed E-state index contributed by atoms with van der Waals surface area (Å²) < 4.78 is 26.2. The number of carbonyl (C=O) groups excluding carboxylic acids is 1. The van der Waals surface area contributed by atoms with E-state index >= 15 is 0 Å². The van der Waals surface area contributed by atoms with Crippen LogP contribution in [0.15, 0.2) is 48.5 Å². The number of para-hydroxylation sites is 1. The standard InChI is InChI=1S/C22H28N2O3S/c1-16(2)18-11-6-7-14-21(18)24(28(3,26)27)15-22(25)23-20-13-8-10-17-9-4-5-12-19(17)20/h4-7,9,11-12,14,16,20H,8,10,13,15H2,1-3H3,(H,23,25)/t20-/m1/s1. The Hall–Kier alpha value is -2.34. The van der Waals surface area contributed by atoms with Crippen LogP contribution < -0.4 is 9.62 Å². The smallest absolute Gasteiger partial charge is 0.241 e. The molecule has 0 saturated carbocycles. The minimum Gasteiger partial charge on any atom is -0.348 e. The molecule has 3 rings (SSSR count). The maximum Gasteiger partial charge on any atom is 0.241 e. The molecule has 0 unspecified atom stereocenters. The Morgan fingerprint density at radius 2 is 1.82 bits per heavy atom. The summed E-state index contributed by atoms with van der Waals surface area (Å²) in [5.74, 6) is -0.139. The van der Waals surface area contributed by atoms with E-state index < -0.39 is 10.0 Å². The van der Waals surface area contributed by atoms with Gasteiger partial charge in [-0.3, -0.25) is 9.10 Å². The molecule has 0 spiro atoms. The molecule has 2 aromatic carbocycles. The molecule has 0 heterocycles. The van der Waals surface area contributed by atoms with Crippen molar-refractivity contribution in [3.05, 3.63) is 65.2 Å². The van der Waals surface area contributed by atoms with Gasteiger partial charge in [0.15, 0.2) is 0 Å². The molecule has 1 amide bonds. The number of fused-ring (bicyclic) bond motifs is 1. The predicted molar refractivity (Wildman–Crippen MR) is 113 cm³/mol. The SMILES string of the molecule is CC(C)c1ccccc1N(CC(=O)N[C@@H]1CCCc2ccccc21)S(C)(=O)=O. The van der Waals surface area contributed by atoms with Crippen LogP contribution in [0.3, 0.4) is 0 Å². The van der Waals surface area contributed by atoms with Crippen molar-refractivity contribution in [3.63, 3.8) is 0 Å². The first-order chi connectivity index (χ1) is 13.3. The number of nitrogens with zero attached hydrogens (tertiary/aromatic N) is 1. The molecule has 150 valence electrons. The highest BCUT2D eigenvalue weighted by Crippen LogP contribution is 2.31. The van der Waals surface area contributed by atoms with Crippen LogP contribution in [-0.4, -0.2) is 27.1 Å². The molecule has 0 aliphatic heterocycles. The van der Waals surface area contributed by atoms with Gasteiger partial charge in [-0.25, -0.2) is 8.42 Å². The first kappa shape index (κ1) is 20.4. The average Bonchev–Trinajstić information content (AvgIpc) is 2.65. The number of aryl methyl sites for hydroxylation is 1. The molecule has 6 heteroatoms. The Balaban J connectivity index is 1.83. The van der Waals surface area contributed by atoms with E-state index in [1.54, 1.807) is 12.1 Å². The van der Waals surface area contributed by atoms with Crippen molar-refractivity contribution in [2.45, 2.75) is 45.1 Å². The van der Waals surface area contributed by atoms with E-state index in [0.717, 1.165) is 36.6 Å². The van der Waals surface area contributed by atoms with Gasteiger partial charge in [0.25, 0.3) is 0 Å². The van der Waals surface area contributed by atoms with E-state index in [-0.39, 0.29) is 24.4 Å². The highest BCUT2D eigenvalue weighted by molar-refractivity contribution is 7.92. The summed E-state index contributed by atoms with van der Waals surface area (Å²) in [6.07, 6.45) is 4.03. The fourth-order valence-corrected chi connectivity index (χ4v) is 4.73. The summed E-state index contributed by atoms with van der Waals surface area (Å²) in [5.41, 5.74) is 3.86. The molecule has 0 saturated heterocycles. The van der Waals surface area contributed by atoms with E-state index in [1.807, 2.05) is 44.2 Å². The first-order valence-corrected chi connectivity index (χ1v) is 11.6. The Bertz CT molecular complexity index is 954. The van der Waals surface area contributed by atoms with Crippen LogP contribution in [0.2, 0.25) is 0 Å². The molecule has 5 nitrogen and oxygen atoms in total. The molecule has 0 bridgehead atoms. The Morgan fingerprint density at radius 3 is 2.54 bits per heavy atom. The van der Waals surface area contributed by atoms with Gasteiger partial charge in [-0.2, -0.15) is 0 Å². The van der Waals surface area contributed by atoms with Crippen LogP contribution in [0, 0.1) is 0 Å². The van der Waals surface area contributed by atoms with Crippen molar-refractivity contribution >= 4 is 21.6 Å². The number of hydrogen-bond donors (Lipinski definition) is 1. The van der Waals surface area contributed by atoms with E-state index in [0.29, 0.717) is 5.69 Å². The van der Waals surface area contributed by atoms with Crippen LogP contribution >= 0.6 is 0 Å². The first-order valence-electron chi connectivity index (χ1n) is 9.71. The number of rotatable bonds is 6. The van der Waals surface area contributed by atoms with Crippen molar-refractivity contribution in [1.29, 1.82) is 0 Å². The Morgan fingerprint density at radius 1 is 1.14 bits per heavy atom. The van der Waals surface area contributed by atoms with Crippen molar-refractivity contribution in [2.75, 3.05) is 17.1 Å². The fourth-order valence-electron chi connectivity index (χ4n) is 3.86. The van der Waals surface area contributed by atoms with Crippen LogP contribution in [0.1, 0.15) is 55.3 Å². The Labute approximate surface area is 167 Å². The number of anilines is 1. The zero-order valence-electron chi connectivity index (χ0n) is 16.7. The molecule has 0 radical (unpaired) electrons. The second-order valence-electron chi connectivity index (χ2n) is 7.69. The largest absolute Gasteiger partial charge is 0.348 e. The second-order valence-corrected chi connectivity index (χ2v) is 9.60. The summed E-state index contributed by atoms with van der Waals surface area (Å²) >= 11 is 0. The monoisotopic (exact) mass is 400 g/mol. The maximum absolute atomic E-state index is 12.8. The van der Waals surface area contributed by atoms with Gasteiger partial charge in [-0.15, -0.1) is 0 Å². The average molecular weight is 401 g/mol. The molecule has 0 fully saturated rings.